The fraction of sp³-hybridized carbons (Fsp3) is 0.615. The zero-order valence-electron chi connectivity index (χ0n) is 10.3. The Bertz CT molecular complexity index is 378. The number of nitrogens with zero attached hydrogens (tertiary/aromatic N) is 1. The van der Waals surface area contributed by atoms with Gasteiger partial charge in [-0.3, -0.25) is 0 Å². The smallest absolute Gasteiger partial charge is 0.0964 e. The third-order valence-corrected chi connectivity index (χ3v) is 5.12. The van der Waals surface area contributed by atoms with E-state index in [2.05, 4.69) is 18.8 Å². The first-order valence-electron chi connectivity index (χ1n) is 6.03. The Kier molecular flexibility index (Phi) is 4.01. The van der Waals surface area contributed by atoms with Crippen LogP contribution in [0.4, 0.5) is 0 Å². The molecule has 0 saturated heterocycles. The molecular weight excluding hydrogens is 252 g/mol. The first-order valence-corrected chi connectivity index (χ1v) is 7.28. The van der Waals surface area contributed by atoms with E-state index >= 15 is 0 Å². The number of thioether (sulfide) groups is 1. The summed E-state index contributed by atoms with van der Waals surface area (Å²) in [6, 6.07) is 4.09. The number of hydrogen-bond acceptors (Lipinski definition) is 3. The topological polar surface area (TPSA) is 38.9 Å². The molecule has 0 spiro atoms. The zero-order chi connectivity index (χ0) is 12.5. The summed E-state index contributed by atoms with van der Waals surface area (Å²) in [4.78, 5) is 4.33. The summed E-state index contributed by atoms with van der Waals surface area (Å²) in [5.41, 5.74) is 6.60. The third kappa shape index (κ3) is 3.15. The SMILES string of the molecule is CC1(C)CCCC(Sc2ccc(Cl)cn2)C1N. The van der Waals surface area contributed by atoms with Crippen LogP contribution < -0.4 is 5.73 Å². The molecule has 1 fully saturated rings. The molecule has 17 heavy (non-hydrogen) atoms. The molecule has 2 nitrogen and oxygen atoms in total. The molecule has 94 valence electrons. The van der Waals surface area contributed by atoms with Gasteiger partial charge in [-0.2, -0.15) is 0 Å². The average Bonchev–Trinajstić information content (AvgIpc) is 2.28. The number of aromatic nitrogens is 1. The summed E-state index contributed by atoms with van der Waals surface area (Å²) < 4.78 is 0. The lowest BCUT2D eigenvalue weighted by molar-refractivity contribution is 0.208. The maximum Gasteiger partial charge on any atom is 0.0964 e. The largest absolute Gasteiger partial charge is 0.326 e. The lowest BCUT2D eigenvalue weighted by Gasteiger charge is -2.41. The Balaban J connectivity index is 2.05. The highest BCUT2D eigenvalue weighted by molar-refractivity contribution is 7.99. The minimum absolute atomic E-state index is 0.235. The van der Waals surface area contributed by atoms with E-state index in [1.54, 1.807) is 18.0 Å². The van der Waals surface area contributed by atoms with Gasteiger partial charge in [-0.1, -0.05) is 31.9 Å². The Morgan fingerprint density at radius 3 is 2.88 bits per heavy atom. The second kappa shape index (κ2) is 5.17. The molecule has 2 unspecified atom stereocenters. The van der Waals surface area contributed by atoms with E-state index in [9.17, 15) is 0 Å². The molecule has 1 aliphatic carbocycles. The predicted molar refractivity (Wildman–Crippen MR) is 74.5 cm³/mol. The van der Waals surface area contributed by atoms with Crippen LogP contribution in [0.1, 0.15) is 33.1 Å². The molecule has 0 aromatic carbocycles. The van der Waals surface area contributed by atoms with Crippen molar-refractivity contribution in [1.29, 1.82) is 0 Å². The maximum absolute atomic E-state index is 6.36. The quantitative estimate of drug-likeness (QED) is 0.890. The maximum atomic E-state index is 6.36. The van der Waals surface area contributed by atoms with Gasteiger partial charge in [-0.25, -0.2) is 4.98 Å². The normalized spacial score (nSPS) is 28.0. The second-order valence-corrected chi connectivity index (χ2v) is 7.07. The van der Waals surface area contributed by atoms with Crippen LogP contribution in [-0.4, -0.2) is 16.3 Å². The molecule has 1 aromatic heterocycles. The Morgan fingerprint density at radius 2 is 2.24 bits per heavy atom. The van der Waals surface area contributed by atoms with Crippen LogP contribution in [-0.2, 0) is 0 Å². The van der Waals surface area contributed by atoms with Crippen LogP contribution in [0.2, 0.25) is 5.02 Å². The van der Waals surface area contributed by atoms with E-state index in [-0.39, 0.29) is 11.5 Å². The molecule has 4 heteroatoms. The van der Waals surface area contributed by atoms with E-state index < -0.39 is 0 Å². The van der Waals surface area contributed by atoms with Gasteiger partial charge in [-0.05, 0) is 30.4 Å². The van der Waals surface area contributed by atoms with Crippen LogP contribution >= 0.6 is 23.4 Å². The summed E-state index contributed by atoms with van der Waals surface area (Å²) in [5, 5.41) is 2.17. The van der Waals surface area contributed by atoms with Crippen molar-refractivity contribution in [3.05, 3.63) is 23.4 Å². The van der Waals surface area contributed by atoms with Crippen molar-refractivity contribution < 1.29 is 0 Å². The molecule has 0 aliphatic heterocycles. The van der Waals surface area contributed by atoms with Gasteiger partial charge in [0.2, 0.25) is 0 Å². The number of halogens is 1. The third-order valence-electron chi connectivity index (χ3n) is 3.59. The molecule has 0 amide bonds. The van der Waals surface area contributed by atoms with E-state index in [1.165, 1.54) is 19.3 Å². The van der Waals surface area contributed by atoms with Gasteiger partial charge in [-0.15, -0.1) is 11.8 Å². The van der Waals surface area contributed by atoms with E-state index in [0.29, 0.717) is 10.3 Å². The van der Waals surface area contributed by atoms with Gasteiger partial charge in [0.25, 0.3) is 0 Å². The Hall–Kier alpha value is -0.250. The number of nitrogens with two attached hydrogens (primary N) is 1. The molecule has 2 rings (SSSR count). The summed E-state index contributed by atoms with van der Waals surface area (Å²) in [7, 11) is 0. The van der Waals surface area contributed by atoms with Crippen LogP contribution in [0.25, 0.3) is 0 Å². The fourth-order valence-electron chi connectivity index (χ4n) is 2.33. The lowest BCUT2D eigenvalue weighted by Crippen LogP contribution is -2.48. The molecule has 1 saturated carbocycles. The van der Waals surface area contributed by atoms with Gasteiger partial charge < -0.3 is 5.73 Å². The first kappa shape index (κ1) is 13.2. The van der Waals surface area contributed by atoms with Gasteiger partial charge >= 0.3 is 0 Å². The van der Waals surface area contributed by atoms with Crippen molar-refractivity contribution in [3.63, 3.8) is 0 Å². The summed E-state index contributed by atoms with van der Waals surface area (Å²) in [6.45, 7) is 4.53. The minimum Gasteiger partial charge on any atom is -0.326 e. The van der Waals surface area contributed by atoms with Crippen LogP contribution in [0, 0.1) is 5.41 Å². The molecule has 2 N–H and O–H groups in total. The first-order chi connectivity index (χ1) is 7.99. The van der Waals surface area contributed by atoms with E-state index in [1.807, 2.05) is 12.1 Å². The molecule has 1 aliphatic rings. The summed E-state index contributed by atoms with van der Waals surface area (Å²) >= 11 is 7.62. The fourth-order valence-corrected chi connectivity index (χ4v) is 3.81. The highest BCUT2D eigenvalue weighted by Crippen LogP contribution is 2.41. The van der Waals surface area contributed by atoms with Gasteiger partial charge in [0, 0.05) is 17.5 Å². The molecule has 0 bridgehead atoms. The summed E-state index contributed by atoms with van der Waals surface area (Å²) in [6.07, 6.45) is 5.36. The summed E-state index contributed by atoms with van der Waals surface area (Å²) in [5.74, 6) is 0. The monoisotopic (exact) mass is 270 g/mol. The van der Waals surface area contributed by atoms with Crippen LogP contribution in [0.5, 0.6) is 0 Å². The highest BCUT2D eigenvalue weighted by Gasteiger charge is 2.36. The van der Waals surface area contributed by atoms with Crippen molar-refractivity contribution in [2.45, 2.75) is 49.4 Å². The van der Waals surface area contributed by atoms with Crippen molar-refractivity contribution in [3.8, 4) is 0 Å². The molecule has 2 atom stereocenters. The average molecular weight is 271 g/mol. The molecule has 0 radical (unpaired) electrons. The molecule has 1 heterocycles. The van der Waals surface area contributed by atoms with Crippen molar-refractivity contribution in [2.24, 2.45) is 11.1 Å². The molecular formula is C13H19ClN2S. The van der Waals surface area contributed by atoms with Gasteiger partial charge in [0.1, 0.15) is 0 Å². The Labute approximate surface area is 112 Å². The lowest BCUT2D eigenvalue weighted by atomic mass is 9.73. The van der Waals surface area contributed by atoms with Gasteiger partial charge in [0.15, 0.2) is 0 Å². The van der Waals surface area contributed by atoms with E-state index in [4.69, 9.17) is 17.3 Å². The van der Waals surface area contributed by atoms with Crippen LogP contribution in [0.3, 0.4) is 0 Å². The number of pyridine rings is 1. The standard InChI is InChI=1S/C13H19ClN2S/c1-13(2)7-3-4-10(12(13)15)17-11-6-5-9(14)8-16-11/h5-6,8,10,12H,3-4,7,15H2,1-2H3. The van der Waals surface area contributed by atoms with Crippen molar-refractivity contribution in [1.82, 2.24) is 4.98 Å². The van der Waals surface area contributed by atoms with Crippen molar-refractivity contribution in [2.75, 3.05) is 0 Å². The second-order valence-electron chi connectivity index (χ2n) is 5.38. The molecule has 1 aromatic rings. The van der Waals surface area contributed by atoms with Crippen molar-refractivity contribution >= 4 is 23.4 Å². The zero-order valence-corrected chi connectivity index (χ0v) is 11.9. The van der Waals surface area contributed by atoms with E-state index in [0.717, 1.165) is 5.03 Å². The number of hydrogen-bond donors (Lipinski definition) is 1. The highest BCUT2D eigenvalue weighted by atomic mass is 35.5. The van der Waals surface area contributed by atoms with Crippen LogP contribution in [0.15, 0.2) is 23.4 Å². The predicted octanol–water partition coefficient (Wildman–Crippen LogP) is 3.73. The minimum atomic E-state index is 0.235. The Morgan fingerprint density at radius 1 is 1.47 bits per heavy atom. The van der Waals surface area contributed by atoms with Gasteiger partial charge in [0.05, 0.1) is 10.0 Å². The number of rotatable bonds is 2.